The van der Waals surface area contributed by atoms with Gasteiger partial charge in [-0.3, -0.25) is 24.4 Å². The molecular weight excluding hydrogens is 749 g/mol. The highest BCUT2D eigenvalue weighted by molar-refractivity contribution is 6.11. The standard InChI is InChI=1S/C42H47F2N9O5/c43-39(44)38-33(47-41(55)32-25-46-52-17-15-35(48-40(32)52)51-18-20-57-21-19-51)26-53(50-38)30-13-11-28(12-14-30)24-45-16-3-1-2-6-27-7-4-9-31(22-27)58-34-10-5-8-29-23-36(54)49-42(56)37(29)34/h4-5,7-10,15,17,22,25-26,28,30,39,45H,1-3,6,11-14,16,18-21,23-24H2,(H,47,55)(H,49,54,56). The number of morpholine rings is 1. The number of aromatic nitrogens is 5. The molecule has 16 heteroatoms. The number of hydrogen-bond donors (Lipinski definition) is 3. The van der Waals surface area contributed by atoms with Crippen molar-refractivity contribution >= 4 is 34.9 Å². The van der Waals surface area contributed by atoms with Gasteiger partial charge in [0.1, 0.15) is 22.9 Å². The number of nitrogens with one attached hydrogen (secondary N) is 3. The third-order valence-electron chi connectivity index (χ3n) is 11.2. The van der Waals surface area contributed by atoms with Crippen molar-refractivity contribution in [1.29, 1.82) is 0 Å². The molecule has 5 heterocycles. The van der Waals surface area contributed by atoms with E-state index in [1.54, 1.807) is 29.1 Å². The van der Waals surface area contributed by atoms with Crippen molar-refractivity contribution in [2.24, 2.45) is 5.92 Å². The van der Waals surface area contributed by atoms with Crippen molar-refractivity contribution in [2.45, 2.75) is 70.3 Å². The largest absolute Gasteiger partial charge is 0.457 e. The van der Waals surface area contributed by atoms with E-state index in [0.717, 1.165) is 70.0 Å². The fraction of sp³-hybridized carbons (Fsp3) is 0.429. The third-order valence-corrected chi connectivity index (χ3v) is 11.2. The van der Waals surface area contributed by atoms with Gasteiger partial charge < -0.3 is 25.0 Å². The van der Waals surface area contributed by atoms with Gasteiger partial charge in [0, 0.05) is 25.5 Å². The minimum Gasteiger partial charge on any atom is -0.457 e. The number of halogens is 2. The predicted octanol–water partition coefficient (Wildman–Crippen LogP) is 6.29. The van der Waals surface area contributed by atoms with E-state index in [1.807, 2.05) is 24.3 Å². The lowest BCUT2D eigenvalue weighted by atomic mass is 9.86. The first-order chi connectivity index (χ1) is 28.3. The number of carbonyl (C=O) groups excluding carboxylic acids is 3. The molecule has 3 N–H and O–H groups in total. The van der Waals surface area contributed by atoms with Crippen LogP contribution in [0.5, 0.6) is 11.5 Å². The number of nitrogens with zero attached hydrogens (tertiary/aromatic N) is 6. The maximum absolute atomic E-state index is 14.2. The summed E-state index contributed by atoms with van der Waals surface area (Å²) in [4.78, 5) is 44.4. The zero-order valence-corrected chi connectivity index (χ0v) is 32.2. The number of benzene rings is 2. The summed E-state index contributed by atoms with van der Waals surface area (Å²) in [7, 11) is 0. The summed E-state index contributed by atoms with van der Waals surface area (Å²) in [5, 5.41) is 17.1. The van der Waals surface area contributed by atoms with Crippen molar-refractivity contribution in [3.05, 3.63) is 95.1 Å². The molecule has 1 saturated carbocycles. The average molecular weight is 796 g/mol. The van der Waals surface area contributed by atoms with E-state index in [9.17, 15) is 23.2 Å². The molecule has 1 aliphatic carbocycles. The molecule has 2 fully saturated rings. The Labute approximate surface area is 334 Å². The Morgan fingerprint density at radius 2 is 1.84 bits per heavy atom. The average Bonchev–Trinajstić information content (AvgIpc) is 3.86. The molecule has 0 bridgehead atoms. The summed E-state index contributed by atoms with van der Waals surface area (Å²) in [5.41, 5.74) is 2.30. The first kappa shape index (κ1) is 39.1. The zero-order valence-electron chi connectivity index (χ0n) is 32.2. The molecule has 0 radical (unpaired) electrons. The van der Waals surface area contributed by atoms with Crippen molar-refractivity contribution in [1.82, 2.24) is 35.0 Å². The van der Waals surface area contributed by atoms with Crippen LogP contribution in [0.25, 0.3) is 5.65 Å². The fourth-order valence-corrected chi connectivity index (χ4v) is 8.07. The number of rotatable bonds is 15. The summed E-state index contributed by atoms with van der Waals surface area (Å²) >= 11 is 0. The highest BCUT2D eigenvalue weighted by Gasteiger charge is 2.29. The molecule has 5 aromatic rings. The van der Waals surface area contributed by atoms with Crippen LogP contribution >= 0.6 is 0 Å². The monoisotopic (exact) mass is 795 g/mol. The van der Waals surface area contributed by atoms with Gasteiger partial charge in [0.2, 0.25) is 5.91 Å². The Kier molecular flexibility index (Phi) is 12.0. The number of ether oxygens (including phenoxy) is 2. The molecule has 0 atom stereocenters. The van der Waals surface area contributed by atoms with E-state index < -0.39 is 23.9 Å². The number of hydrogen-bond acceptors (Lipinski definition) is 10. The summed E-state index contributed by atoms with van der Waals surface area (Å²) in [6.45, 7) is 4.37. The van der Waals surface area contributed by atoms with E-state index in [1.165, 1.54) is 16.9 Å². The first-order valence-electron chi connectivity index (χ1n) is 20.1. The Morgan fingerprint density at radius 1 is 1.02 bits per heavy atom. The van der Waals surface area contributed by atoms with Crippen LogP contribution < -0.4 is 25.6 Å². The Bertz CT molecular complexity index is 2260. The van der Waals surface area contributed by atoms with Gasteiger partial charge in [0.05, 0.1) is 43.1 Å². The molecule has 0 unspecified atom stereocenters. The van der Waals surface area contributed by atoms with E-state index in [0.29, 0.717) is 66.3 Å². The molecule has 2 aromatic carbocycles. The summed E-state index contributed by atoms with van der Waals surface area (Å²) in [6, 6.07) is 15.0. The molecule has 3 aromatic heterocycles. The van der Waals surface area contributed by atoms with E-state index in [-0.39, 0.29) is 29.6 Å². The number of imide groups is 1. The quantitative estimate of drug-likeness (QED) is 0.0813. The fourth-order valence-electron chi connectivity index (χ4n) is 8.07. The molecule has 0 spiro atoms. The molecular formula is C42H47F2N9O5. The van der Waals surface area contributed by atoms with Crippen LogP contribution in [0.4, 0.5) is 20.3 Å². The van der Waals surface area contributed by atoms with Gasteiger partial charge in [0.15, 0.2) is 11.3 Å². The highest BCUT2D eigenvalue weighted by Crippen LogP contribution is 2.35. The second kappa shape index (κ2) is 17.8. The van der Waals surface area contributed by atoms with Crippen molar-refractivity contribution in [3.8, 4) is 11.5 Å². The van der Waals surface area contributed by atoms with Crippen LogP contribution in [0.3, 0.4) is 0 Å². The van der Waals surface area contributed by atoms with Gasteiger partial charge in [-0.2, -0.15) is 10.2 Å². The molecule has 304 valence electrons. The van der Waals surface area contributed by atoms with Gasteiger partial charge >= 0.3 is 0 Å². The van der Waals surface area contributed by atoms with Gasteiger partial charge in [-0.05, 0) is 99.3 Å². The molecule has 2 aliphatic heterocycles. The van der Waals surface area contributed by atoms with Crippen molar-refractivity contribution in [3.63, 3.8) is 0 Å². The van der Waals surface area contributed by atoms with Gasteiger partial charge in [-0.25, -0.2) is 18.3 Å². The Balaban J connectivity index is 0.764. The molecule has 58 heavy (non-hydrogen) atoms. The smallest absolute Gasteiger partial charge is 0.284 e. The number of amides is 3. The van der Waals surface area contributed by atoms with E-state index >= 15 is 0 Å². The number of aryl methyl sites for hydroxylation is 1. The minimum absolute atomic E-state index is 0.00553. The van der Waals surface area contributed by atoms with Crippen LogP contribution in [-0.4, -0.2) is 81.5 Å². The summed E-state index contributed by atoms with van der Waals surface area (Å²) in [5.74, 6) is 0.963. The second-order valence-electron chi connectivity index (χ2n) is 15.2. The number of fused-ring (bicyclic) bond motifs is 2. The third kappa shape index (κ3) is 9.02. The van der Waals surface area contributed by atoms with Crippen LogP contribution in [0.15, 0.2) is 67.1 Å². The summed E-state index contributed by atoms with van der Waals surface area (Å²) in [6.07, 6.45) is 9.55. The van der Waals surface area contributed by atoms with Crippen LogP contribution in [-0.2, 0) is 22.4 Å². The van der Waals surface area contributed by atoms with E-state index in [4.69, 9.17) is 9.47 Å². The number of anilines is 2. The zero-order chi connectivity index (χ0) is 40.0. The Morgan fingerprint density at radius 3 is 2.67 bits per heavy atom. The maximum Gasteiger partial charge on any atom is 0.284 e. The molecule has 14 nitrogen and oxygen atoms in total. The topological polar surface area (TPSA) is 157 Å². The van der Waals surface area contributed by atoms with E-state index in [2.05, 4.69) is 42.1 Å². The highest BCUT2D eigenvalue weighted by atomic mass is 19.3. The predicted molar refractivity (Wildman–Crippen MR) is 212 cm³/mol. The number of unbranched alkanes of at least 4 members (excludes halogenated alkanes) is 2. The lowest BCUT2D eigenvalue weighted by Crippen LogP contribution is -2.37. The lowest BCUT2D eigenvalue weighted by Gasteiger charge is -2.29. The molecule has 3 aliphatic rings. The molecule has 3 amide bonds. The van der Waals surface area contributed by atoms with Crippen LogP contribution in [0.1, 0.15) is 94.9 Å². The van der Waals surface area contributed by atoms with Gasteiger partial charge in [-0.1, -0.05) is 30.7 Å². The van der Waals surface area contributed by atoms with Crippen molar-refractivity contribution < 1.29 is 32.6 Å². The SMILES string of the molecule is O=C1Cc2cccc(Oc3cccc(CCCCCNCC4CCC(n5cc(NC(=O)c6cnn7ccc(N8CCOCC8)nc67)c(C(F)F)n5)CC4)c3)c2C(=O)N1. The van der Waals surface area contributed by atoms with Gasteiger partial charge in [0.25, 0.3) is 18.2 Å². The van der Waals surface area contributed by atoms with Crippen LogP contribution in [0.2, 0.25) is 0 Å². The molecule has 1 saturated heterocycles. The van der Waals surface area contributed by atoms with Crippen LogP contribution in [0, 0.1) is 5.92 Å². The van der Waals surface area contributed by atoms with Gasteiger partial charge in [-0.15, -0.1) is 0 Å². The number of carbonyl (C=O) groups is 3. The first-order valence-corrected chi connectivity index (χ1v) is 20.1. The lowest BCUT2D eigenvalue weighted by molar-refractivity contribution is -0.119. The molecule has 8 rings (SSSR count). The summed E-state index contributed by atoms with van der Waals surface area (Å²) < 4.78 is 43.0. The Hall–Kier alpha value is -5.74. The number of alkyl halides is 2. The maximum atomic E-state index is 14.2. The normalized spacial score (nSPS) is 18.4. The van der Waals surface area contributed by atoms with Crippen molar-refractivity contribution in [2.75, 3.05) is 49.6 Å². The minimum atomic E-state index is -2.85. The second-order valence-corrected chi connectivity index (χ2v) is 15.2.